The zero-order chi connectivity index (χ0) is 24.4. The summed E-state index contributed by atoms with van der Waals surface area (Å²) < 4.78 is 12.1. The summed E-state index contributed by atoms with van der Waals surface area (Å²) in [4.78, 5) is 39.6. The van der Waals surface area contributed by atoms with Gasteiger partial charge in [0.15, 0.2) is 11.5 Å². The fourth-order valence-corrected chi connectivity index (χ4v) is 3.99. The van der Waals surface area contributed by atoms with Crippen LogP contribution in [0.3, 0.4) is 0 Å². The van der Waals surface area contributed by atoms with Crippen molar-refractivity contribution in [2.75, 3.05) is 12.1 Å². The van der Waals surface area contributed by atoms with Crippen LogP contribution in [0.2, 0.25) is 0 Å². The number of ether oxygens (including phenoxy) is 2. The largest absolute Gasteiger partial charge is 0.493 e. The zero-order valence-corrected chi connectivity index (χ0v) is 20.5. The molecule has 1 fully saturated rings. The number of aromatic nitrogens is 1. The average molecular weight is 590 g/mol. The highest BCUT2D eigenvalue weighted by Crippen LogP contribution is 2.45. The second-order valence-corrected chi connectivity index (χ2v) is 8.40. The molecule has 4 rings (SSSR count). The fourth-order valence-electron chi connectivity index (χ4n) is 3.07. The molecule has 2 aromatic carbocycles. The van der Waals surface area contributed by atoms with Gasteiger partial charge in [0.1, 0.15) is 11.8 Å². The van der Waals surface area contributed by atoms with E-state index in [1.807, 2.05) is 0 Å². The minimum Gasteiger partial charge on any atom is -0.493 e. The maximum Gasteiger partial charge on any atom is 0.287 e. The molecule has 0 spiro atoms. The van der Waals surface area contributed by atoms with Crippen molar-refractivity contribution < 1.29 is 24.0 Å². The first kappa shape index (κ1) is 23.4. The van der Waals surface area contributed by atoms with Crippen LogP contribution in [0, 0.1) is 10.1 Å². The molecule has 1 aliphatic rings. The van der Waals surface area contributed by atoms with Gasteiger partial charge in [-0.1, -0.05) is 18.2 Å². The standard InChI is InChI=1S/C22H14Br2N4O6/c1-33-16-10-12(9-15-21(29)26-27(22(15)30)13-5-3-2-4-6-13)18(23)19(24)20(16)34-17-8-7-14(11-25-17)28(31)32/h2-11H,1H3,(H,26,29)/b15-9-. The Labute approximate surface area is 209 Å². The maximum absolute atomic E-state index is 12.9. The van der Waals surface area contributed by atoms with E-state index in [1.54, 1.807) is 36.4 Å². The van der Waals surface area contributed by atoms with Gasteiger partial charge in [-0.15, -0.1) is 0 Å². The number of hydrazine groups is 1. The minimum atomic E-state index is -0.564. The molecule has 1 aliphatic heterocycles. The molecule has 3 aromatic rings. The van der Waals surface area contributed by atoms with Gasteiger partial charge in [-0.3, -0.25) is 25.1 Å². The number of carbonyl (C=O) groups excluding carboxylic acids is 2. The molecule has 0 unspecified atom stereocenters. The van der Waals surface area contributed by atoms with Crippen molar-refractivity contribution in [2.24, 2.45) is 0 Å². The van der Waals surface area contributed by atoms with Crippen molar-refractivity contribution in [2.45, 2.75) is 0 Å². The highest BCUT2D eigenvalue weighted by Gasteiger charge is 2.34. The van der Waals surface area contributed by atoms with Crippen molar-refractivity contribution >= 4 is 61.1 Å². The van der Waals surface area contributed by atoms with E-state index >= 15 is 0 Å². The van der Waals surface area contributed by atoms with Crippen LogP contribution in [-0.4, -0.2) is 28.8 Å². The number of anilines is 1. The molecule has 1 aromatic heterocycles. The van der Waals surface area contributed by atoms with Crippen LogP contribution in [0.25, 0.3) is 6.08 Å². The van der Waals surface area contributed by atoms with Crippen LogP contribution in [-0.2, 0) is 9.59 Å². The Morgan fingerprint density at radius 1 is 1.12 bits per heavy atom. The van der Waals surface area contributed by atoms with E-state index in [0.29, 0.717) is 20.2 Å². The number of nitro groups is 1. The second-order valence-electron chi connectivity index (χ2n) is 6.81. The molecule has 12 heteroatoms. The first-order valence-electron chi connectivity index (χ1n) is 9.56. The number of rotatable bonds is 6. The first-order chi connectivity index (χ1) is 16.3. The molecular formula is C22H14Br2N4O6. The van der Waals surface area contributed by atoms with E-state index in [-0.39, 0.29) is 28.6 Å². The van der Waals surface area contributed by atoms with E-state index in [4.69, 9.17) is 9.47 Å². The van der Waals surface area contributed by atoms with Crippen LogP contribution < -0.4 is 19.9 Å². The summed E-state index contributed by atoms with van der Waals surface area (Å²) in [6, 6.07) is 12.9. The van der Waals surface area contributed by atoms with E-state index in [9.17, 15) is 19.7 Å². The lowest BCUT2D eigenvalue weighted by atomic mass is 10.1. The van der Waals surface area contributed by atoms with Crippen LogP contribution in [0.4, 0.5) is 11.4 Å². The van der Waals surface area contributed by atoms with Crippen LogP contribution in [0.1, 0.15) is 5.56 Å². The summed E-state index contributed by atoms with van der Waals surface area (Å²) in [6.07, 6.45) is 2.51. The number of pyridine rings is 1. The normalized spacial score (nSPS) is 14.3. The van der Waals surface area contributed by atoms with Crippen LogP contribution in [0.15, 0.2) is 69.2 Å². The van der Waals surface area contributed by atoms with E-state index in [2.05, 4.69) is 42.3 Å². The van der Waals surface area contributed by atoms with Crippen LogP contribution in [0.5, 0.6) is 17.4 Å². The van der Waals surface area contributed by atoms with Gasteiger partial charge in [0.05, 0.1) is 22.2 Å². The number of carbonyl (C=O) groups is 2. The van der Waals surface area contributed by atoms with Gasteiger partial charge < -0.3 is 9.47 Å². The van der Waals surface area contributed by atoms with Gasteiger partial charge >= 0.3 is 0 Å². The van der Waals surface area contributed by atoms with E-state index < -0.39 is 16.7 Å². The molecule has 1 saturated heterocycles. The van der Waals surface area contributed by atoms with Gasteiger partial charge in [-0.25, -0.2) is 9.99 Å². The van der Waals surface area contributed by atoms with Gasteiger partial charge in [0.25, 0.3) is 17.5 Å². The summed E-state index contributed by atoms with van der Waals surface area (Å²) in [7, 11) is 1.42. The van der Waals surface area contributed by atoms with Gasteiger partial charge in [-0.05, 0) is 61.7 Å². The minimum absolute atomic E-state index is 0.0655. The Bertz CT molecular complexity index is 1330. The fraction of sp³-hybridized carbons (Fsp3) is 0.0455. The van der Waals surface area contributed by atoms with Gasteiger partial charge in [-0.2, -0.15) is 0 Å². The SMILES string of the molecule is COc1cc(/C=C2/C(=O)NN(c3ccccc3)C2=O)c(Br)c(Br)c1Oc1ccc([N+](=O)[O-])cn1. The molecule has 2 amide bonds. The summed E-state index contributed by atoms with van der Waals surface area (Å²) in [5, 5.41) is 12.0. The summed E-state index contributed by atoms with van der Waals surface area (Å²) in [5.41, 5.74) is 3.31. The molecule has 2 heterocycles. The Morgan fingerprint density at radius 3 is 2.47 bits per heavy atom. The number of methoxy groups -OCH3 is 1. The van der Waals surface area contributed by atoms with Gasteiger partial charge in [0.2, 0.25) is 5.88 Å². The smallest absolute Gasteiger partial charge is 0.287 e. The molecule has 0 atom stereocenters. The van der Waals surface area contributed by atoms with E-state index in [1.165, 1.54) is 30.3 Å². The van der Waals surface area contributed by atoms with Crippen molar-refractivity contribution in [1.29, 1.82) is 0 Å². The Kier molecular flexibility index (Phi) is 6.61. The highest BCUT2D eigenvalue weighted by molar-refractivity contribution is 9.13. The van der Waals surface area contributed by atoms with Crippen LogP contribution >= 0.6 is 31.9 Å². The molecule has 1 N–H and O–H groups in total. The highest BCUT2D eigenvalue weighted by atomic mass is 79.9. The van der Waals surface area contributed by atoms with Gasteiger partial charge in [0, 0.05) is 16.6 Å². The molecule has 34 heavy (non-hydrogen) atoms. The third kappa shape index (κ3) is 4.50. The molecule has 0 saturated carbocycles. The number of nitrogens with zero attached hydrogens (tertiary/aromatic N) is 3. The van der Waals surface area contributed by atoms with Crippen molar-refractivity contribution in [3.05, 3.63) is 84.9 Å². The summed E-state index contributed by atoms with van der Waals surface area (Å²) in [5.74, 6) is -0.440. The Hall–Kier alpha value is -3.77. The number of amides is 2. The predicted molar refractivity (Wildman–Crippen MR) is 129 cm³/mol. The summed E-state index contributed by atoms with van der Waals surface area (Å²) >= 11 is 6.89. The predicted octanol–water partition coefficient (Wildman–Crippen LogP) is 4.78. The maximum atomic E-state index is 12.9. The Morgan fingerprint density at radius 2 is 1.85 bits per heavy atom. The number of hydrogen-bond acceptors (Lipinski definition) is 7. The number of benzene rings is 2. The van der Waals surface area contributed by atoms with Crippen molar-refractivity contribution in [3.8, 4) is 17.4 Å². The number of nitrogens with one attached hydrogen (secondary N) is 1. The number of hydrogen-bond donors (Lipinski definition) is 1. The van der Waals surface area contributed by atoms with Crippen molar-refractivity contribution in [3.63, 3.8) is 0 Å². The lowest BCUT2D eigenvalue weighted by Gasteiger charge is -2.15. The topological polar surface area (TPSA) is 124 Å². The third-order valence-electron chi connectivity index (χ3n) is 4.72. The zero-order valence-electron chi connectivity index (χ0n) is 17.3. The van der Waals surface area contributed by atoms with E-state index in [0.717, 1.165) is 6.20 Å². The number of halogens is 2. The molecule has 172 valence electrons. The first-order valence-corrected chi connectivity index (χ1v) is 11.1. The molecule has 0 aliphatic carbocycles. The molecule has 10 nitrogen and oxygen atoms in total. The lowest BCUT2D eigenvalue weighted by molar-refractivity contribution is -0.385. The average Bonchev–Trinajstić information content (AvgIpc) is 3.12. The van der Waals surface area contributed by atoms with Crippen molar-refractivity contribution in [1.82, 2.24) is 10.4 Å². The number of para-hydroxylation sites is 1. The lowest BCUT2D eigenvalue weighted by Crippen LogP contribution is -2.35. The molecular weight excluding hydrogens is 576 g/mol. The molecule has 0 bridgehead atoms. The second kappa shape index (κ2) is 9.61. The third-order valence-corrected chi connectivity index (χ3v) is 6.86. The monoisotopic (exact) mass is 588 g/mol. The molecule has 0 radical (unpaired) electrons. The quantitative estimate of drug-likeness (QED) is 0.190. The summed E-state index contributed by atoms with van der Waals surface area (Å²) in [6.45, 7) is 0. The Balaban J connectivity index is 1.68.